The Labute approximate surface area is 148 Å². The van der Waals surface area contributed by atoms with Gasteiger partial charge in [0.15, 0.2) is 0 Å². The van der Waals surface area contributed by atoms with Gasteiger partial charge in [-0.2, -0.15) is 0 Å². The van der Waals surface area contributed by atoms with Crippen LogP contribution in [0.1, 0.15) is 15.4 Å². The first kappa shape index (κ1) is 17.2. The van der Waals surface area contributed by atoms with Gasteiger partial charge in [0, 0.05) is 16.1 Å². The molecule has 25 heavy (non-hydrogen) atoms. The van der Waals surface area contributed by atoms with Crippen LogP contribution in [0.4, 0.5) is 14.5 Å². The predicted molar refractivity (Wildman–Crippen MR) is 95.7 cm³/mol. The summed E-state index contributed by atoms with van der Waals surface area (Å²) in [7, 11) is 0. The van der Waals surface area contributed by atoms with Gasteiger partial charge >= 0.3 is 0 Å². The van der Waals surface area contributed by atoms with E-state index in [9.17, 15) is 13.6 Å². The Morgan fingerprint density at radius 3 is 2.44 bits per heavy atom. The molecule has 0 aliphatic heterocycles. The first-order valence-electron chi connectivity index (χ1n) is 7.70. The van der Waals surface area contributed by atoms with Gasteiger partial charge in [-0.05, 0) is 61.9 Å². The highest BCUT2D eigenvalue weighted by atomic mass is 32.1. The van der Waals surface area contributed by atoms with Gasteiger partial charge < -0.3 is 5.32 Å². The van der Waals surface area contributed by atoms with Crippen LogP contribution in [0.3, 0.4) is 0 Å². The van der Waals surface area contributed by atoms with Gasteiger partial charge in [0.1, 0.15) is 11.6 Å². The van der Waals surface area contributed by atoms with Crippen molar-refractivity contribution in [1.29, 1.82) is 0 Å². The number of halogens is 2. The molecule has 0 fully saturated rings. The summed E-state index contributed by atoms with van der Waals surface area (Å²) in [5, 5.41) is 3.63. The quantitative estimate of drug-likeness (QED) is 0.722. The molecule has 0 atom stereocenters. The van der Waals surface area contributed by atoms with E-state index in [-0.39, 0.29) is 24.0 Å². The molecular weight excluding hydrogens is 342 g/mol. The normalized spacial score (nSPS) is 10.7. The van der Waals surface area contributed by atoms with E-state index in [1.807, 2.05) is 6.92 Å². The average molecular weight is 358 g/mol. The minimum absolute atomic E-state index is 0.148. The highest BCUT2D eigenvalue weighted by Crippen LogP contribution is 2.29. The third-order valence-corrected chi connectivity index (χ3v) is 4.68. The van der Waals surface area contributed by atoms with E-state index in [2.05, 4.69) is 10.3 Å². The lowest BCUT2D eigenvalue weighted by atomic mass is 10.1. The SMILES string of the molecule is Cc1nc(-c2ccc(F)cc2)c(CC(=O)Nc2ccc(F)cc2C)s1. The molecule has 0 aliphatic carbocycles. The molecule has 2 aromatic carbocycles. The molecule has 3 nitrogen and oxygen atoms in total. The molecule has 1 N–H and O–H groups in total. The summed E-state index contributed by atoms with van der Waals surface area (Å²) >= 11 is 1.43. The fourth-order valence-electron chi connectivity index (χ4n) is 2.53. The molecular formula is C19H16F2N2OS. The Morgan fingerprint density at radius 2 is 1.76 bits per heavy atom. The van der Waals surface area contributed by atoms with Crippen LogP contribution in [-0.2, 0) is 11.2 Å². The van der Waals surface area contributed by atoms with E-state index in [1.165, 1.54) is 35.6 Å². The minimum atomic E-state index is -0.341. The van der Waals surface area contributed by atoms with Crippen LogP contribution in [-0.4, -0.2) is 10.9 Å². The maximum Gasteiger partial charge on any atom is 0.229 e. The molecule has 0 saturated carbocycles. The third-order valence-electron chi connectivity index (χ3n) is 3.71. The Morgan fingerprint density at radius 1 is 1.08 bits per heavy atom. The van der Waals surface area contributed by atoms with Gasteiger partial charge in [0.25, 0.3) is 0 Å². The summed E-state index contributed by atoms with van der Waals surface area (Å²) < 4.78 is 26.3. The highest BCUT2D eigenvalue weighted by Gasteiger charge is 2.15. The van der Waals surface area contributed by atoms with Gasteiger partial charge in [0.2, 0.25) is 5.91 Å². The lowest BCUT2D eigenvalue weighted by molar-refractivity contribution is -0.115. The summed E-state index contributed by atoms with van der Waals surface area (Å²) in [6.07, 6.45) is 0.148. The number of nitrogens with one attached hydrogen (secondary N) is 1. The standard InChI is InChI=1S/C19H16F2N2OS/c1-11-9-15(21)7-8-16(11)23-18(24)10-17-19(22-12(2)25-17)13-3-5-14(20)6-4-13/h3-9H,10H2,1-2H3,(H,23,24). The second-order valence-corrected chi connectivity index (χ2v) is 6.98. The van der Waals surface area contributed by atoms with Crippen LogP contribution in [0.25, 0.3) is 11.3 Å². The minimum Gasteiger partial charge on any atom is -0.326 e. The maximum absolute atomic E-state index is 13.2. The summed E-state index contributed by atoms with van der Waals surface area (Å²) in [6.45, 7) is 3.60. The van der Waals surface area contributed by atoms with Gasteiger partial charge in [-0.3, -0.25) is 4.79 Å². The summed E-state index contributed by atoms with van der Waals surface area (Å²) in [4.78, 5) is 17.7. The maximum atomic E-state index is 13.2. The van der Waals surface area contributed by atoms with Crippen molar-refractivity contribution in [2.45, 2.75) is 20.3 Å². The van der Waals surface area contributed by atoms with Crippen LogP contribution in [0.5, 0.6) is 0 Å². The molecule has 0 saturated heterocycles. The predicted octanol–water partition coefficient (Wildman–Crippen LogP) is 4.89. The molecule has 1 aromatic heterocycles. The number of aryl methyl sites for hydroxylation is 2. The topological polar surface area (TPSA) is 42.0 Å². The van der Waals surface area contributed by atoms with E-state index in [4.69, 9.17) is 0 Å². The van der Waals surface area contributed by atoms with E-state index >= 15 is 0 Å². The molecule has 6 heteroatoms. The van der Waals surface area contributed by atoms with E-state index < -0.39 is 0 Å². The Balaban J connectivity index is 1.81. The zero-order valence-corrected chi connectivity index (χ0v) is 14.6. The lowest BCUT2D eigenvalue weighted by Gasteiger charge is -2.08. The second-order valence-electron chi connectivity index (χ2n) is 5.70. The number of benzene rings is 2. The van der Waals surface area contributed by atoms with Crippen LogP contribution in [0.2, 0.25) is 0 Å². The number of amides is 1. The largest absolute Gasteiger partial charge is 0.326 e. The van der Waals surface area contributed by atoms with Crippen molar-refractivity contribution in [2.75, 3.05) is 5.32 Å². The van der Waals surface area contributed by atoms with Crippen molar-refractivity contribution in [2.24, 2.45) is 0 Å². The Hall–Kier alpha value is -2.60. The average Bonchev–Trinajstić information content (AvgIpc) is 2.91. The lowest BCUT2D eigenvalue weighted by Crippen LogP contribution is -2.15. The first-order valence-corrected chi connectivity index (χ1v) is 8.52. The smallest absolute Gasteiger partial charge is 0.229 e. The van der Waals surface area contributed by atoms with Crippen molar-refractivity contribution in [3.05, 3.63) is 69.5 Å². The number of thiazole rings is 1. The number of hydrogen-bond donors (Lipinski definition) is 1. The van der Waals surface area contributed by atoms with Crippen LogP contribution in [0, 0.1) is 25.5 Å². The number of carbonyl (C=O) groups excluding carboxylic acids is 1. The van der Waals surface area contributed by atoms with E-state index in [1.54, 1.807) is 25.1 Å². The van der Waals surface area contributed by atoms with Crippen LogP contribution in [0.15, 0.2) is 42.5 Å². The van der Waals surface area contributed by atoms with Crippen molar-refractivity contribution in [1.82, 2.24) is 4.98 Å². The van der Waals surface area contributed by atoms with E-state index in [0.29, 0.717) is 16.9 Å². The summed E-state index contributed by atoms with van der Waals surface area (Å²) in [5.41, 5.74) is 2.70. The van der Waals surface area contributed by atoms with Gasteiger partial charge in [0.05, 0.1) is 17.1 Å². The molecule has 0 aliphatic rings. The number of aromatic nitrogens is 1. The number of rotatable bonds is 4. The molecule has 1 heterocycles. The third kappa shape index (κ3) is 4.09. The van der Waals surface area contributed by atoms with E-state index in [0.717, 1.165) is 15.4 Å². The van der Waals surface area contributed by atoms with Crippen molar-refractivity contribution < 1.29 is 13.6 Å². The van der Waals surface area contributed by atoms with Gasteiger partial charge in [-0.25, -0.2) is 13.8 Å². The monoisotopic (exact) mass is 358 g/mol. The van der Waals surface area contributed by atoms with Crippen molar-refractivity contribution >= 4 is 22.9 Å². The molecule has 1 amide bonds. The fourth-order valence-corrected chi connectivity index (χ4v) is 3.49. The van der Waals surface area contributed by atoms with Crippen LogP contribution >= 0.6 is 11.3 Å². The fraction of sp³-hybridized carbons (Fsp3) is 0.158. The molecule has 0 unspecified atom stereocenters. The second kappa shape index (κ2) is 7.11. The molecule has 128 valence electrons. The molecule has 3 rings (SSSR count). The highest BCUT2D eigenvalue weighted by molar-refractivity contribution is 7.12. The van der Waals surface area contributed by atoms with Crippen molar-refractivity contribution in [3.63, 3.8) is 0 Å². The molecule has 3 aromatic rings. The van der Waals surface area contributed by atoms with Crippen molar-refractivity contribution in [3.8, 4) is 11.3 Å². The Bertz CT molecular complexity index is 920. The summed E-state index contributed by atoms with van der Waals surface area (Å²) in [5.74, 6) is -0.865. The first-order chi connectivity index (χ1) is 11.9. The molecule has 0 spiro atoms. The zero-order chi connectivity index (χ0) is 18.0. The summed E-state index contributed by atoms with van der Waals surface area (Å²) in [6, 6.07) is 10.3. The van der Waals surface area contributed by atoms with Gasteiger partial charge in [-0.1, -0.05) is 0 Å². The number of anilines is 1. The zero-order valence-electron chi connectivity index (χ0n) is 13.8. The van der Waals surface area contributed by atoms with Gasteiger partial charge in [-0.15, -0.1) is 11.3 Å². The number of nitrogens with zero attached hydrogens (tertiary/aromatic N) is 1. The van der Waals surface area contributed by atoms with Crippen LogP contribution < -0.4 is 5.32 Å². The Kier molecular flexibility index (Phi) is 4.90. The number of carbonyl (C=O) groups is 1. The molecule has 0 bridgehead atoms. The number of hydrogen-bond acceptors (Lipinski definition) is 3. The molecule has 0 radical (unpaired) electrons.